The van der Waals surface area contributed by atoms with Crippen LogP contribution in [0.2, 0.25) is 0 Å². The SMILES string of the molecule is CCOC(=O)CN1C(=O)C(NC(=O)OCc2ccccc2)N=C(CC)c2cccc(C)c21. The Hall–Kier alpha value is -3.68. The van der Waals surface area contributed by atoms with Crippen molar-refractivity contribution in [3.8, 4) is 0 Å². The molecule has 0 saturated carbocycles. The Labute approximate surface area is 187 Å². The number of para-hydroxylation sites is 1. The zero-order valence-electron chi connectivity index (χ0n) is 18.5. The molecule has 0 saturated heterocycles. The monoisotopic (exact) mass is 437 g/mol. The van der Waals surface area contributed by atoms with E-state index >= 15 is 0 Å². The van der Waals surface area contributed by atoms with Gasteiger partial charge in [-0.2, -0.15) is 0 Å². The van der Waals surface area contributed by atoms with E-state index in [4.69, 9.17) is 9.47 Å². The van der Waals surface area contributed by atoms with E-state index in [0.717, 1.165) is 16.7 Å². The summed E-state index contributed by atoms with van der Waals surface area (Å²) >= 11 is 0. The van der Waals surface area contributed by atoms with E-state index in [-0.39, 0.29) is 19.8 Å². The average molecular weight is 437 g/mol. The zero-order valence-corrected chi connectivity index (χ0v) is 18.5. The third-order valence-corrected chi connectivity index (χ3v) is 5.00. The Bertz CT molecular complexity index is 1020. The maximum Gasteiger partial charge on any atom is 0.409 e. The quantitative estimate of drug-likeness (QED) is 0.670. The number of hydrogen-bond donors (Lipinski definition) is 1. The van der Waals surface area contributed by atoms with Crippen LogP contribution in [0.1, 0.15) is 37.0 Å². The third kappa shape index (κ3) is 5.32. The Kier molecular flexibility index (Phi) is 7.59. The molecule has 2 aromatic rings. The van der Waals surface area contributed by atoms with Crippen molar-refractivity contribution in [3.63, 3.8) is 0 Å². The van der Waals surface area contributed by atoms with Crippen molar-refractivity contribution >= 4 is 29.4 Å². The lowest BCUT2D eigenvalue weighted by molar-refractivity contribution is -0.142. The van der Waals surface area contributed by atoms with Crippen LogP contribution in [0.15, 0.2) is 53.5 Å². The molecule has 1 heterocycles. The molecular weight excluding hydrogens is 410 g/mol. The Balaban J connectivity index is 1.88. The van der Waals surface area contributed by atoms with Gasteiger partial charge in [0.05, 0.1) is 12.3 Å². The fourth-order valence-corrected chi connectivity index (χ4v) is 3.53. The fraction of sp³-hybridized carbons (Fsp3) is 0.333. The predicted octanol–water partition coefficient (Wildman–Crippen LogP) is 3.36. The summed E-state index contributed by atoms with van der Waals surface area (Å²) in [6.45, 7) is 5.46. The van der Waals surface area contributed by atoms with E-state index in [2.05, 4.69) is 10.3 Å². The molecule has 0 bridgehead atoms. The number of nitrogens with one attached hydrogen (secondary N) is 1. The van der Waals surface area contributed by atoms with Crippen LogP contribution in [0.25, 0.3) is 0 Å². The number of esters is 1. The molecule has 2 aromatic carbocycles. The van der Waals surface area contributed by atoms with E-state index in [0.29, 0.717) is 17.8 Å². The van der Waals surface area contributed by atoms with Crippen molar-refractivity contribution in [2.24, 2.45) is 4.99 Å². The summed E-state index contributed by atoms with van der Waals surface area (Å²) in [6.07, 6.45) is -1.46. The van der Waals surface area contributed by atoms with Gasteiger partial charge >= 0.3 is 12.1 Å². The number of benzene rings is 2. The van der Waals surface area contributed by atoms with Crippen LogP contribution in [0, 0.1) is 6.92 Å². The number of carbonyl (C=O) groups is 3. The molecule has 8 nitrogen and oxygen atoms in total. The maximum atomic E-state index is 13.4. The van der Waals surface area contributed by atoms with Crippen LogP contribution >= 0.6 is 0 Å². The number of aliphatic imine (C=N–C) groups is 1. The van der Waals surface area contributed by atoms with E-state index in [1.807, 2.05) is 62.4 Å². The van der Waals surface area contributed by atoms with Crippen LogP contribution in [0.3, 0.4) is 0 Å². The molecule has 0 aromatic heterocycles. The van der Waals surface area contributed by atoms with Crippen molar-refractivity contribution in [2.45, 2.75) is 40.0 Å². The van der Waals surface area contributed by atoms with Crippen LogP contribution in [0.5, 0.6) is 0 Å². The van der Waals surface area contributed by atoms with Crippen molar-refractivity contribution < 1.29 is 23.9 Å². The van der Waals surface area contributed by atoms with E-state index in [9.17, 15) is 14.4 Å². The number of benzodiazepines with no additional fused rings is 1. The molecule has 1 N–H and O–H groups in total. The number of amides is 2. The van der Waals surface area contributed by atoms with Gasteiger partial charge in [-0.1, -0.05) is 55.5 Å². The van der Waals surface area contributed by atoms with Crippen LogP contribution in [-0.4, -0.2) is 43.0 Å². The van der Waals surface area contributed by atoms with E-state index in [1.54, 1.807) is 6.92 Å². The number of nitrogens with zero attached hydrogens (tertiary/aromatic N) is 2. The number of rotatable bonds is 7. The maximum absolute atomic E-state index is 13.4. The van der Waals surface area contributed by atoms with Gasteiger partial charge < -0.3 is 9.47 Å². The molecule has 1 aliphatic heterocycles. The number of alkyl carbamates (subject to hydrolysis) is 1. The minimum Gasteiger partial charge on any atom is -0.465 e. The molecule has 168 valence electrons. The molecule has 0 radical (unpaired) electrons. The lowest BCUT2D eigenvalue weighted by Crippen LogP contribution is -2.49. The summed E-state index contributed by atoms with van der Waals surface area (Å²) in [4.78, 5) is 44.0. The minimum absolute atomic E-state index is 0.0593. The average Bonchev–Trinajstić information content (AvgIpc) is 2.89. The van der Waals surface area contributed by atoms with Gasteiger partial charge in [-0.15, -0.1) is 0 Å². The summed E-state index contributed by atoms with van der Waals surface area (Å²) in [5.74, 6) is -1.07. The number of aryl methyl sites for hydroxylation is 1. The van der Waals surface area contributed by atoms with Gasteiger partial charge in [0.15, 0.2) is 0 Å². The number of anilines is 1. The lowest BCUT2D eigenvalue weighted by Gasteiger charge is -2.26. The summed E-state index contributed by atoms with van der Waals surface area (Å²) in [5.41, 5.74) is 3.62. The van der Waals surface area contributed by atoms with Gasteiger partial charge in [0.1, 0.15) is 13.2 Å². The highest BCUT2D eigenvalue weighted by molar-refractivity contribution is 6.14. The molecule has 32 heavy (non-hydrogen) atoms. The van der Waals surface area contributed by atoms with E-state index < -0.39 is 24.1 Å². The molecule has 0 fully saturated rings. The van der Waals surface area contributed by atoms with Crippen LogP contribution in [0.4, 0.5) is 10.5 Å². The molecular formula is C24H27N3O5. The summed E-state index contributed by atoms with van der Waals surface area (Å²) in [7, 11) is 0. The Morgan fingerprint density at radius 2 is 1.81 bits per heavy atom. The standard InChI is InChI=1S/C24H27N3O5/c1-4-19-18-13-9-10-16(3)21(18)27(14-20(28)31-5-2)23(29)22(25-19)26-24(30)32-15-17-11-7-6-8-12-17/h6-13,22H,4-5,14-15H2,1-3H3,(H,26,30). The summed E-state index contributed by atoms with van der Waals surface area (Å²) in [6, 6.07) is 14.8. The number of hydrogen-bond acceptors (Lipinski definition) is 6. The zero-order chi connectivity index (χ0) is 23.1. The minimum atomic E-state index is -1.23. The highest BCUT2D eigenvalue weighted by Crippen LogP contribution is 2.30. The molecule has 1 atom stereocenters. The summed E-state index contributed by atoms with van der Waals surface area (Å²) in [5, 5.41) is 2.54. The second-order valence-electron chi connectivity index (χ2n) is 7.24. The molecule has 0 spiro atoms. The first kappa shape index (κ1) is 23.0. The Morgan fingerprint density at radius 3 is 2.50 bits per heavy atom. The second-order valence-corrected chi connectivity index (χ2v) is 7.24. The first-order valence-electron chi connectivity index (χ1n) is 10.6. The number of carbonyl (C=O) groups excluding carboxylic acids is 3. The topological polar surface area (TPSA) is 97.3 Å². The highest BCUT2D eigenvalue weighted by Gasteiger charge is 2.34. The van der Waals surface area contributed by atoms with Gasteiger partial charge in [-0.05, 0) is 31.4 Å². The lowest BCUT2D eigenvalue weighted by atomic mass is 10.0. The van der Waals surface area contributed by atoms with Crippen molar-refractivity contribution in [1.29, 1.82) is 0 Å². The Morgan fingerprint density at radius 1 is 1.06 bits per heavy atom. The smallest absolute Gasteiger partial charge is 0.409 e. The first-order valence-corrected chi connectivity index (χ1v) is 10.6. The van der Waals surface area contributed by atoms with Gasteiger partial charge in [0.25, 0.3) is 5.91 Å². The number of ether oxygens (including phenoxy) is 2. The molecule has 0 aliphatic carbocycles. The molecule has 8 heteroatoms. The van der Waals surface area contributed by atoms with Crippen LogP contribution < -0.4 is 10.2 Å². The van der Waals surface area contributed by atoms with Crippen LogP contribution in [-0.2, 0) is 25.7 Å². The largest absolute Gasteiger partial charge is 0.465 e. The first-order chi connectivity index (χ1) is 15.4. The molecule has 3 rings (SSSR count). The fourth-order valence-electron chi connectivity index (χ4n) is 3.53. The van der Waals surface area contributed by atoms with Gasteiger partial charge in [-0.3, -0.25) is 24.8 Å². The molecule has 2 amide bonds. The predicted molar refractivity (Wildman–Crippen MR) is 121 cm³/mol. The summed E-state index contributed by atoms with van der Waals surface area (Å²) < 4.78 is 10.3. The normalized spacial score (nSPS) is 15.3. The molecule has 1 aliphatic rings. The highest BCUT2D eigenvalue weighted by atomic mass is 16.5. The van der Waals surface area contributed by atoms with Crippen molar-refractivity contribution in [1.82, 2.24) is 5.32 Å². The number of fused-ring (bicyclic) bond motifs is 1. The van der Waals surface area contributed by atoms with Crippen molar-refractivity contribution in [2.75, 3.05) is 18.1 Å². The van der Waals surface area contributed by atoms with Gasteiger partial charge in [-0.25, -0.2) is 4.79 Å². The third-order valence-electron chi connectivity index (χ3n) is 5.00. The molecule has 1 unspecified atom stereocenters. The van der Waals surface area contributed by atoms with Gasteiger partial charge in [0, 0.05) is 11.3 Å². The van der Waals surface area contributed by atoms with Gasteiger partial charge in [0.2, 0.25) is 6.17 Å². The van der Waals surface area contributed by atoms with E-state index in [1.165, 1.54) is 4.90 Å². The second kappa shape index (κ2) is 10.6. The van der Waals surface area contributed by atoms with Crippen molar-refractivity contribution in [3.05, 3.63) is 65.2 Å².